The van der Waals surface area contributed by atoms with Crippen LogP contribution in [-0.2, 0) is 17.8 Å². The third-order valence-corrected chi connectivity index (χ3v) is 5.82. The lowest BCUT2D eigenvalue weighted by Gasteiger charge is -2.35. The number of thioether (sulfide) groups is 1. The predicted molar refractivity (Wildman–Crippen MR) is 118 cm³/mol. The van der Waals surface area contributed by atoms with Crippen LogP contribution in [0.4, 0.5) is 5.69 Å². The normalized spacial score (nSPS) is 19.4. The van der Waals surface area contributed by atoms with Crippen LogP contribution >= 0.6 is 11.8 Å². The molecule has 8 heteroatoms. The number of hydrogen-bond donors (Lipinski definition) is 1. The zero-order valence-corrected chi connectivity index (χ0v) is 18.3. The van der Waals surface area contributed by atoms with Gasteiger partial charge < -0.3 is 10.1 Å². The first-order valence-corrected chi connectivity index (χ1v) is 11.1. The molecule has 1 fully saturated rings. The van der Waals surface area contributed by atoms with Gasteiger partial charge in [0.2, 0.25) is 0 Å². The van der Waals surface area contributed by atoms with Crippen LogP contribution in [0.5, 0.6) is 0 Å². The van der Waals surface area contributed by atoms with E-state index in [0.717, 1.165) is 35.7 Å². The Morgan fingerprint density at radius 1 is 1.20 bits per heavy atom. The van der Waals surface area contributed by atoms with Crippen LogP contribution in [0.3, 0.4) is 0 Å². The molecule has 0 aromatic heterocycles. The number of carbonyl (C=O) groups excluding carboxylic acids is 1. The number of nitro benzene ring substituents is 1. The van der Waals surface area contributed by atoms with E-state index in [4.69, 9.17) is 4.74 Å². The third-order valence-electron chi connectivity index (χ3n) is 5.09. The fourth-order valence-electron chi connectivity index (χ4n) is 3.79. The lowest BCUT2D eigenvalue weighted by atomic mass is 10.1. The molecule has 160 valence electrons. The number of nitrogens with zero attached hydrogens (tertiary/aromatic N) is 2. The van der Waals surface area contributed by atoms with Crippen molar-refractivity contribution in [1.82, 2.24) is 10.2 Å². The molecule has 2 aromatic rings. The van der Waals surface area contributed by atoms with Gasteiger partial charge in [-0.1, -0.05) is 24.3 Å². The maximum absolute atomic E-state index is 12.7. The van der Waals surface area contributed by atoms with E-state index in [1.54, 1.807) is 12.1 Å². The van der Waals surface area contributed by atoms with Crippen LogP contribution < -0.4 is 5.32 Å². The SMILES string of the molecule is CSc1ccc([N+](=O)[O-])c(C(=O)NCc2ccccc2CN2CC(C)OC(C)C2)c1. The first kappa shape index (κ1) is 22.3. The average molecular weight is 430 g/mol. The third kappa shape index (κ3) is 5.59. The largest absolute Gasteiger partial charge is 0.373 e. The molecule has 1 aliphatic rings. The monoisotopic (exact) mass is 429 g/mol. The van der Waals surface area contributed by atoms with Gasteiger partial charge in [0, 0.05) is 37.1 Å². The second-order valence-electron chi connectivity index (χ2n) is 7.54. The number of nitro groups is 1. The second-order valence-corrected chi connectivity index (χ2v) is 8.42. The van der Waals surface area contributed by atoms with E-state index in [1.807, 2.05) is 24.5 Å². The minimum atomic E-state index is -0.520. The molecule has 2 aromatic carbocycles. The van der Waals surface area contributed by atoms with Crippen LogP contribution in [0.25, 0.3) is 0 Å². The molecule has 1 aliphatic heterocycles. The van der Waals surface area contributed by atoms with E-state index in [-0.39, 0.29) is 23.5 Å². The van der Waals surface area contributed by atoms with Crippen LogP contribution in [-0.4, -0.2) is 47.3 Å². The number of amides is 1. The van der Waals surface area contributed by atoms with Gasteiger partial charge in [0.15, 0.2) is 0 Å². The van der Waals surface area contributed by atoms with E-state index in [2.05, 4.69) is 30.1 Å². The maximum Gasteiger partial charge on any atom is 0.282 e. The van der Waals surface area contributed by atoms with Gasteiger partial charge in [0.25, 0.3) is 11.6 Å². The highest BCUT2D eigenvalue weighted by molar-refractivity contribution is 7.98. The number of ether oxygens (including phenoxy) is 1. The summed E-state index contributed by atoms with van der Waals surface area (Å²) in [6, 6.07) is 12.6. The van der Waals surface area contributed by atoms with Crippen molar-refractivity contribution in [3.05, 3.63) is 69.3 Å². The molecule has 2 atom stereocenters. The summed E-state index contributed by atoms with van der Waals surface area (Å²) in [7, 11) is 0. The molecule has 30 heavy (non-hydrogen) atoms. The molecular formula is C22H27N3O4S. The minimum absolute atomic E-state index is 0.0835. The Morgan fingerprint density at radius 2 is 1.87 bits per heavy atom. The summed E-state index contributed by atoms with van der Waals surface area (Å²) in [5.41, 5.74) is 2.03. The lowest BCUT2D eigenvalue weighted by Crippen LogP contribution is -2.45. The van der Waals surface area contributed by atoms with Crippen molar-refractivity contribution in [3.63, 3.8) is 0 Å². The molecule has 0 saturated carbocycles. The molecule has 1 N–H and O–H groups in total. The van der Waals surface area contributed by atoms with E-state index in [9.17, 15) is 14.9 Å². The van der Waals surface area contributed by atoms with E-state index in [1.165, 1.54) is 17.8 Å². The quantitative estimate of drug-likeness (QED) is 0.409. The van der Waals surface area contributed by atoms with Crippen molar-refractivity contribution in [2.24, 2.45) is 0 Å². The smallest absolute Gasteiger partial charge is 0.282 e. The zero-order valence-electron chi connectivity index (χ0n) is 17.5. The van der Waals surface area contributed by atoms with Gasteiger partial charge in [0.05, 0.1) is 17.1 Å². The zero-order chi connectivity index (χ0) is 21.7. The molecule has 3 rings (SSSR count). The topological polar surface area (TPSA) is 84.7 Å². The lowest BCUT2D eigenvalue weighted by molar-refractivity contribution is -0.385. The van der Waals surface area contributed by atoms with Crippen molar-refractivity contribution >= 4 is 23.4 Å². The first-order chi connectivity index (χ1) is 14.4. The number of hydrogen-bond acceptors (Lipinski definition) is 6. The summed E-state index contributed by atoms with van der Waals surface area (Å²) in [4.78, 5) is 26.7. The Hall–Kier alpha value is -2.42. The maximum atomic E-state index is 12.7. The molecule has 0 aliphatic carbocycles. The summed E-state index contributed by atoms with van der Waals surface area (Å²) < 4.78 is 5.81. The van der Waals surface area contributed by atoms with Crippen molar-refractivity contribution in [3.8, 4) is 0 Å². The highest BCUT2D eigenvalue weighted by Crippen LogP contribution is 2.25. The summed E-state index contributed by atoms with van der Waals surface area (Å²) in [5, 5.41) is 14.2. The minimum Gasteiger partial charge on any atom is -0.373 e. The van der Waals surface area contributed by atoms with Crippen LogP contribution in [0.1, 0.15) is 35.3 Å². The summed E-state index contributed by atoms with van der Waals surface area (Å²) in [5.74, 6) is -0.443. The van der Waals surface area contributed by atoms with Gasteiger partial charge in [-0.3, -0.25) is 19.8 Å². The molecule has 2 unspecified atom stereocenters. The van der Waals surface area contributed by atoms with Gasteiger partial charge in [-0.2, -0.15) is 0 Å². The standard InChI is InChI=1S/C22H27N3O4S/c1-15-12-24(13-16(2)29-15)14-18-7-5-4-6-17(18)11-23-22(26)20-10-19(30-3)8-9-21(20)25(27)28/h4-10,15-16H,11-14H2,1-3H3,(H,23,26). The van der Waals surface area contributed by atoms with Crippen LogP contribution in [0.2, 0.25) is 0 Å². The number of rotatable bonds is 7. The van der Waals surface area contributed by atoms with E-state index in [0.29, 0.717) is 6.54 Å². The molecule has 1 heterocycles. The molecular weight excluding hydrogens is 402 g/mol. The Balaban J connectivity index is 1.72. The van der Waals surface area contributed by atoms with Crippen molar-refractivity contribution in [2.75, 3.05) is 19.3 Å². The van der Waals surface area contributed by atoms with Gasteiger partial charge in [-0.05, 0) is 43.4 Å². The Bertz CT molecular complexity index is 911. The Kier molecular flexibility index (Phi) is 7.47. The number of morpholine rings is 1. The summed E-state index contributed by atoms with van der Waals surface area (Å²) >= 11 is 1.44. The van der Waals surface area contributed by atoms with Gasteiger partial charge in [-0.15, -0.1) is 11.8 Å². The molecule has 0 spiro atoms. The number of nitrogens with one attached hydrogen (secondary N) is 1. The van der Waals surface area contributed by atoms with Crippen molar-refractivity contribution < 1.29 is 14.5 Å². The Morgan fingerprint density at radius 3 is 2.50 bits per heavy atom. The van der Waals surface area contributed by atoms with Crippen molar-refractivity contribution in [1.29, 1.82) is 0 Å². The van der Waals surface area contributed by atoms with Gasteiger partial charge >= 0.3 is 0 Å². The number of benzene rings is 2. The fraction of sp³-hybridized carbons (Fsp3) is 0.409. The molecule has 7 nitrogen and oxygen atoms in total. The fourth-order valence-corrected chi connectivity index (χ4v) is 4.23. The van der Waals surface area contributed by atoms with E-state index >= 15 is 0 Å². The van der Waals surface area contributed by atoms with Crippen LogP contribution in [0.15, 0.2) is 47.4 Å². The Labute approximate surface area is 180 Å². The first-order valence-electron chi connectivity index (χ1n) is 9.92. The van der Waals surface area contributed by atoms with E-state index < -0.39 is 10.8 Å². The highest BCUT2D eigenvalue weighted by atomic mass is 32.2. The van der Waals surface area contributed by atoms with Gasteiger partial charge in [0.1, 0.15) is 5.56 Å². The highest BCUT2D eigenvalue weighted by Gasteiger charge is 2.23. The van der Waals surface area contributed by atoms with Gasteiger partial charge in [-0.25, -0.2) is 0 Å². The predicted octanol–water partition coefficient (Wildman–Crippen LogP) is 3.86. The van der Waals surface area contributed by atoms with Crippen LogP contribution in [0, 0.1) is 10.1 Å². The number of carbonyl (C=O) groups is 1. The van der Waals surface area contributed by atoms with Crippen molar-refractivity contribution in [2.45, 2.75) is 44.0 Å². The molecule has 0 radical (unpaired) electrons. The molecule has 1 saturated heterocycles. The average Bonchev–Trinajstić information content (AvgIpc) is 2.71. The summed E-state index contributed by atoms with van der Waals surface area (Å²) in [6.07, 6.45) is 2.24. The molecule has 1 amide bonds. The molecule has 0 bridgehead atoms. The summed E-state index contributed by atoms with van der Waals surface area (Å²) in [6.45, 7) is 6.95. The second kappa shape index (κ2) is 10.1.